The van der Waals surface area contributed by atoms with Gasteiger partial charge in [-0.2, -0.15) is 0 Å². The molecular weight excluding hydrogens is 250 g/mol. The summed E-state index contributed by atoms with van der Waals surface area (Å²) < 4.78 is 7.07. The van der Waals surface area contributed by atoms with E-state index in [9.17, 15) is 0 Å². The van der Waals surface area contributed by atoms with E-state index in [1.165, 1.54) is 5.56 Å². The highest BCUT2D eigenvalue weighted by molar-refractivity contribution is 5.59. The van der Waals surface area contributed by atoms with Crippen molar-refractivity contribution in [2.24, 2.45) is 0 Å². The minimum absolute atomic E-state index is 0.771. The van der Waals surface area contributed by atoms with Gasteiger partial charge in [0.2, 0.25) is 0 Å². The van der Waals surface area contributed by atoms with Gasteiger partial charge in [0.15, 0.2) is 0 Å². The average molecular weight is 265 g/mol. The minimum Gasteiger partial charge on any atom is -0.494 e. The highest BCUT2D eigenvalue weighted by Crippen LogP contribution is 2.23. The molecule has 0 aliphatic carbocycles. The molecule has 0 radical (unpaired) electrons. The van der Waals surface area contributed by atoms with Crippen molar-refractivity contribution in [1.29, 1.82) is 0 Å². The largest absolute Gasteiger partial charge is 0.494 e. The van der Waals surface area contributed by atoms with E-state index in [-0.39, 0.29) is 0 Å². The van der Waals surface area contributed by atoms with Crippen LogP contribution in [-0.4, -0.2) is 22.1 Å². The van der Waals surface area contributed by atoms with Crippen LogP contribution in [0.3, 0.4) is 0 Å². The van der Waals surface area contributed by atoms with Gasteiger partial charge in [0.05, 0.1) is 13.3 Å². The molecule has 1 heterocycles. The molecule has 0 bridgehead atoms. The lowest BCUT2D eigenvalue weighted by atomic mass is 10.1. The van der Waals surface area contributed by atoms with Crippen molar-refractivity contribution >= 4 is 0 Å². The van der Waals surface area contributed by atoms with E-state index in [4.69, 9.17) is 4.74 Å². The fraction of sp³-hybridized carbons (Fsp3) is 0.125. The summed E-state index contributed by atoms with van der Waals surface area (Å²) in [5.74, 6) is 0.771. The lowest BCUT2D eigenvalue weighted by Gasteiger charge is -2.06. The third-order valence-corrected chi connectivity index (χ3v) is 3.17. The second-order valence-electron chi connectivity index (χ2n) is 4.59. The second kappa shape index (κ2) is 5.17. The van der Waals surface area contributed by atoms with E-state index in [0.717, 1.165) is 22.7 Å². The van der Waals surface area contributed by atoms with E-state index in [1.54, 1.807) is 11.8 Å². The Bertz CT molecular complexity index is 717. The molecule has 0 amide bonds. The summed E-state index contributed by atoms with van der Waals surface area (Å²) in [6.45, 7) is 2.06. The lowest BCUT2D eigenvalue weighted by molar-refractivity contribution is 0.411. The molecule has 0 fully saturated rings. The number of ether oxygens (including phenoxy) is 1. The Morgan fingerprint density at radius 1 is 1.00 bits per heavy atom. The van der Waals surface area contributed by atoms with E-state index < -0.39 is 0 Å². The van der Waals surface area contributed by atoms with Crippen LogP contribution >= 0.6 is 0 Å². The van der Waals surface area contributed by atoms with Crippen molar-refractivity contribution in [3.8, 4) is 22.7 Å². The van der Waals surface area contributed by atoms with Gasteiger partial charge >= 0.3 is 0 Å². The number of hydrogen-bond acceptors (Lipinski definition) is 3. The summed E-state index contributed by atoms with van der Waals surface area (Å²) in [6, 6.07) is 16.0. The lowest BCUT2D eigenvalue weighted by Crippen LogP contribution is -1.98. The van der Waals surface area contributed by atoms with Gasteiger partial charge in [-0.3, -0.25) is 0 Å². The number of para-hydroxylation sites is 2. The zero-order chi connectivity index (χ0) is 13.9. The van der Waals surface area contributed by atoms with Gasteiger partial charge in [0, 0.05) is 5.56 Å². The maximum Gasteiger partial charge on any atom is 0.144 e. The van der Waals surface area contributed by atoms with Gasteiger partial charge in [-0.1, -0.05) is 47.2 Å². The molecule has 0 N–H and O–H groups in total. The Morgan fingerprint density at radius 2 is 1.75 bits per heavy atom. The summed E-state index contributed by atoms with van der Waals surface area (Å²) in [5.41, 5.74) is 4.00. The van der Waals surface area contributed by atoms with Crippen molar-refractivity contribution in [2.75, 3.05) is 7.11 Å². The molecule has 20 heavy (non-hydrogen) atoms. The van der Waals surface area contributed by atoms with E-state index >= 15 is 0 Å². The number of benzene rings is 2. The van der Waals surface area contributed by atoms with Crippen molar-refractivity contribution in [3.05, 3.63) is 60.3 Å². The maximum atomic E-state index is 5.34. The molecule has 0 atom stereocenters. The number of nitrogens with zero attached hydrogens (tertiary/aromatic N) is 3. The Kier molecular flexibility index (Phi) is 3.21. The molecule has 4 heteroatoms. The van der Waals surface area contributed by atoms with Crippen LogP contribution in [0.1, 0.15) is 5.56 Å². The predicted molar refractivity (Wildman–Crippen MR) is 78.1 cm³/mol. The number of aryl methyl sites for hydroxylation is 1. The summed E-state index contributed by atoms with van der Waals surface area (Å²) >= 11 is 0. The van der Waals surface area contributed by atoms with E-state index in [2.05, 4.69) is 29.4 Å². The van der Waals surface area contributed by atoms with Gasteiger partial charge < -0.3 is 4.74 Å². The summed E-state index contributed by atoms with van der Waals surface area (Å²) in [6.07, 6.45) is 1.91. The van der Waals surface area contributed by atoms with Crippen LogP contribution in [0.4, 0.5) is 0 Å². The molecular formula is C16H15N3O. The zero-order valence-electron chi connectivity index (χ0n) is 11.4. The van der Waals surface area contributed by atoms with Crippen molar-refractivity contribution in [2.45, 2.75) is 6.92 Å². The quantitative estimate of drug-likeness (QED) is 0.729. The van der Waals surface area contributed by atoms with E-state index in [1.807, 2.05) is 42.6 Å². The van der Waals surface area contributed by atoms with Crippen LogP contribution in [0, 0.1) is 6.92 Å². The number of rotatable bonds is 3. The Balaban J connectivity index is 2.00. The van der Waals surface area contributed by atoms with Crippen molar-refractivity contribution in [3.63, 3.8) is 0 Å². The molecule has 0 aliphatic heterocycles. The third kappa shape index (κ3) is 2.28. The zero-order valence-corrected chi connectivity index (χ0v) is 11.4. The number of aromatic nitrogens is 3. The van der Waals surface area contributed by atoms with Crippen LogP contribution in [0.25, 0.3) is 16.9 Å². The van der Waals surface area contributed by atoms with Gasteiger partial charge in [-0.05, 0) is 19.1 Å². The van der Waals surface area contributed by atoms with Crippen LogP contribution in [0.5, 0.6) is 5.75 Å². The minimum atomic E-state index is 0.771. The smallest absolute Gasteiger partial charge is 0.144 e. The first-order valence-electron chi connectivity index (χ1n) is 6.41. The SMILES string of the molecule is COc1ccccc1-n1cc(-c2ccc(C)cc2)nn1. The standard InChI is InChI=1S/C16H15N3O/c1-12-7-9-13(10-8-12)14-11-19(18-17-14)15-5-3-4-6-16(15)20-2/h3-11H,1-2H3. The molecule has 3 rings (SSSR count). The highest BCUT2D eigenvalue weighted by Gasteiger charge is 2.08. The van der Waals surface area contributed by atoms with Crippen LogP contribution in [0.2, 0.25) is 0 Å². The first kappa shape index (κ1) is 12.4. The average Bonchev–Trinajstić information content (AvgIpc) is 2.97. The summed E-state index contributed by atoms with van der Waals surface area (Å²) in [5, 5.41) is 8.41. The van der Waals surface area contributed by atoms with Crippen molar-refractivity contribution < 1.29 is 4.74 Å². The molecule has 1 aromatic heterocycles. The highest BCUT2D eigenvalue weighted by atomic mass is 16.5. The van der Waals surface area contributed by atoms with E-state index in [0.29, 0.717) is 0 Å². The monoisotopic (exact) mass is 265 g/mol. The molecule has 100 valence electrons. The molecule has 0 saturated carbocycles. The molecule has 4 nitrogen and oxygen atoms in total. The van der Waals surface area contributed by atoms with Gasteiger partial charge in [-0.15, -0.1) is 5.10 Å². The predicted octanol–water partition coefficient (Wildman–Crippen LogP) is 3.25. The number of hydrogen-bond donors (Lipinski definition) is 0. The molecule has 0 spiro atoms. The first-order valence-corrected chi connectivity index (χ1v) is 6.41. The molecule has 0 saturated heterocycles. The molecule has 0 aliphatic rings. The summed E-state index contributed by atoms with van der Waals surface area (Å²) in [4.78, 5) is 0. The summed E-state index contributed by atoms with van der Waals surface area (Å²) in [7, 11) is 1.65. The number of methoxy groups -OCH3 is 1. The van der Waals surface area contributed by atoms with Gasteiger partial charge in [0.1, 0.15) is 17.1 Å². The topological polar surface area (TPSA) is 39.9 Å². The van der Waals surface area contributed by atoms with Crippen LogP contribution < -0.4 is 4.74 Å². The van der Waals surface area contributed by atoms with Crippen molar-refractivity contribution in [1.82, 2.24) is 15.0 Å². The fourth-order valence-corrected chi connectivity index (χ4v) is 2.06. The van der Waals surface area contributed by atoms with Crippen LogP contribution in [-0.2, 0) is 0 Å². The van der Waals surface area contributed by atoms with Gasteiger partial charge in [0.25, 0.3) is 0 Å². The molecule has 3 aromatic rings. The maximum absolute atomic E-state index is 5.34. The second-order valence-corrected chi connectivity index (χ2v) is 4.59. The molecule has 2 aromatic carbocycles. The Morgan fingerprint density at radius 3 is 2.50 bits per heavy atom. The third-order valence-electron chi connectivity index (χ3n) is 3.17. The normalized spacial score (nSPS) is 10.5. The molecule has 0 unspecified atom stereocenters. The fourth-order valence-electron chi connectivity index (χ4n) is 2.06. The Hall–Kier alpha value is -2.62. The Labute approximate surface area is 117 Å². The van der Waals surface area contributed by atoms with Crippen LogP contribution in [0.15, 0.2) is 54.7 Å². The first-order chi connectivity index (χ1) is 9.78. The van der Waals surface area contributed by atoms with Gasteiger partial charge in [-0.25, -0.2) is 4.68 Å².